The molecule has 0 bridgehead atoms. The van der Waals surface area contributed by atoms with Crippen molar-refractivity contribution in [3.8, 4) is 0 Å². The van der Waals surface area contributed by atoms with Crippen LogP contribution in [0.15, 0.2) is 22.8 Å². The summed E-state index contributed by atoms with van der Waals surface area (Å²) in [5.41, 5.74) is 0. The molecular formula is C18H28N2O3. The van der Waals surface area contributed by atoms with Crippen molar-refractivity contribution in [2.45, 2.75) is 70.9 Å². The zero-order valence-corrected chi connectivity index (χ0v) is 14.1. The van der Waals surface area contributed by atoms with Gasteiger partial charge in [0.1, 0.15) is 6.04 Å². The van der Waals surface area contributed by atoms with E-state index in [9.17, 15) is 9.59 Å². The molecule has 0 saturated heterocycles. The van der Waals surface area contributed by atoms with E-state index in [2.05, 4.69) is 10.6 Å². The first-order valence-corrected chi connectivity index (χ1v) is 8.72. The Morgan fingerprint density at radius 3 is 2.35 bits per heavy atom. The molecule has 0 radical (unpaired) electrons. The largest absolute Gasteiger partial charge is 0.459 e. The van der Waals surface area contributed by atoms with Gasteiger partial charge >= 0.3 is 0 Å². The highest BCUT2D eigenvalue weighted by atomic mass is 16.3. The van der Waals surface area contributed by atoms with Gasteiger partial charge in [-0.1, -0.05) is 46.0 Å². The van der Waals surface area contributed by atoms with E-state index in [1.165, 1.54) is 25.5 Å². The first kappa shape index (κ1) is 17.6. The highest BCUT2D eigenvalue weighted by molar-refractivity contribution is 5.95. The Hall–Kier alpha value is -1.78. The van der Waals surface area contributed by atoms with Gasteiger partial charge in [0, 0.05) is 6.04 Å². The highest BCUT2D eigenvalue weighted by Gasteiger charge is 2.27. The Balaban J connectivity index is 1.93. The minimum absolute atomic E-state index is 0.0162. The molecule has 23 heavy (non-hydrogen) atoms. The Morgan fingerprint density at radius 1 is 1.13 bits per heavy atom. The van der Waals surface area contributed by atoms with E-state index >= 15 is 0 Å². The number of rotatable bonds is 5. The fourth-order valence-electron chi connectivity index (χ4n) is 3.05. The third kappa shape index (κ3) is 5.41. The lowest BCUT2D eigenvalue weighted by molar-refractivity contribution is -0.124. The van der Waals surface area contributed by atoms with Crippen LogP contribution in [0.4, 0.5) is 0 Å². The van der Waals surface area contributed by atoms with E-state index in [0.29, 0.717) is 0 Å². The first-order chi connectivity index (χ1) is 11.1. The van der Waals surface area contributed by atoms with Crippen molar-refractivity contribution in [2.24, 2.45) is 5.92 Å². The maximum absolute atomic E-state index is 12.6. The normalized spacial score (nSPS) is 18.0. The Bertz CT molecular complexity index is 488. The molecule has 1 unspecified atom stereocenters. The number of furan rings is 1. The van der Waals surface area contributed by atoms with Crippen molar-refractivity contribution < 1.29 is 14.0 Å². The summed E-state index contributed by atoms with van der Waals surface area (Å²) in [4.78, 5) is 24.7. The van der Waals surface area contributed by atoms with Crippen molar-refractivity contribution in [2.75, 3.05) is 0 Å². The second-order valence-electron chi connectivity index (χ2n) is 6.72. The summed E-state index contributed by atoms with van der Waals surface area (Å²) < 4.78 is 5.09. The van der Waals surface area contributed by atoms with Crippen molar-refractivity contribution >= 4 is 11.8 Å². The third-order valence-electron chi connectivity index (χ3n) is 4.43. The summed E-state index contributed by atoms with van der Waals surface area (Å²) in [6, 6.07) is 2.94. The molecule has 1 saturated carbocycles. The fourth-order valence-corrected chi connectivity index (χ4v) is 3.05. The van der Waals surface area contributed by atoms with Gasteiger partial charge in [0.2, 0.25) is 5.91 Å². The molecule has 0 spiro atoms. The van der Waals surface area contributed by atoms with Crippen LogP contribution in [-0.2, 0) is 4.79 Å². The van der Waals surface area contributed by atoms with Gasteiger partial charge in [-0.05, 0) is 30.9 Å². The highest BCUT2D eigenvalue weighted by Crippen LogP contribution is 2.17. The number of hydrogen-bond acceptors (Lipinski definition) is 3. The number of carbonyl (C=O) groups excluding carboxylic acids is 2. The molecule has 0 aliphatic heterocycles. The van der Waals surface area contributed by atoms with Gasteiger partial charge in [-0.3, -0.25) is 9.59 Å². The molecule has 1 heterocycles. The Labute approximate surface area is 138 Å². The number of amides is 2. The topological polar surface area (TPSA) is 71.3 Å². The van der Waals surface area contributed by atoms with E-state index in [0.717, 1.165) is 25.7 Å². The minimum atomic E-state index is -0.543. The molecule has 1 aromatic heterocycles. The van der Waals surface area contributed by atoms with Crippen LogP contribution in [-0.4, -0.2) is 23.9 Å². The van der Waals surface area contributed by atoms with Crippen LogP contribution in [0.2, 0.25) is 0 Å². The fraction of sp³-hybridized carbons (Fsp3) is 0.667. The van der Waals surface area contributed by atoms with Crippen LogP contribution in [0.5, 0.6) is 0 Å². The molecule has 5 nitrogen and oxygen atoms in total. The summed E-state index contributed by atoms with van der Waals surface area (Å²) in [5, 5.41) is 5.93. The second-order valence-corrected chi connectivity index (χ2v) is 6.72. The summed E-state index contributed by atoms with van der Waals surface area (Å²) in [7, 11) is 0. The molecule has 128 valence electrons. The quantitative estimate of drug-likeness (QED) is 0.874. The second kappa shape index (κ2) is 8.75. The zero-order valence-electron chi connectivity index (χ0n) is 14.1. The van der Waals surface area contributed by atoms with Crippen LogP contribution >= 0.6 is 0 Å². The summed E-state index contributed by atoms with van der Waals surface area (Å²) in [5.74, 6) is -0.191. The smallest absolute Gasteiger partial charge is 0.287 e. The molecule has 1 aliphatic rings. The molecule has 2 N–H and O–H groups in total. The van der Waals surface area contributed by atoms with Crippen LogP contribution in [0, 0.1) is 5.92 Å². The third-order valence-corrected chi connectivity index (χ3v) is 4.43. The summed E-state index contributed by atoms with van der Waals surface area (Å²) in [6.45, 7) is 3.87. The first-order valence-electron chi connectivity index (χ1n) is 8.72. The Morgan fingerprint density at radius 2 is 1.78 bits per heavy atom. The maximum atomic E-state index is 12.6. The molecule has 1 aromatic rings. The lowest BCUT2D eigenvalue weighted by atomic mass is 9.95. The lowest BCUT2D eigenvalue weighted by Gasteiger charge is -2.26. The molecule has 0 aromatic carbocycles. The molecule has 1 fully saturated rings. The SMILES string of the molecule is CC(C)C(NC(=O)c1ccco1)C(=O)NC1CCCCCCC1. The molecule has 5 heteroatoms. The van der Waals surface area contributed by atoms with E-state index in [-0.39, 0.29) is 29.5 Å². The van der Waals surface area contributed by atoms with Crippen LogP contribution in [0.3, 0.4) is 0 Å². The lowest BCUT2D eigenvalue weighted by Crippen LogP contribution is -2.52. The van der Waals surface area contributed by atoms with Crippen LogP contribution < -0.4 is 10.6 Å². The van der Waals surface area contributed by atoms with E-state index in [1.807, 2.05) is 13.8 Å². The molecule has 1 aliphatic carbocycles. The predicted molar refractivity (Wildman–Crippen MR) is 89.0 cm³/mol. The van der Waals surface area contributed by atoms with Crippen LogP contribution in [0.1, 0.15) is 69.3 Å². The minimum Gasteiger partial charge on any atom is -0.459 e. The van der Waals surface area contributed by atoms with Gasteiger partial charge < -0.3 is 15.1 Å². The zero-order chi connectivity index (χ0) is 16.7. The van der Waals surface area contributed by atoms with Crippen LogP contribution in [0.25, 0.3) is 0 Å². The molecule has 2 rings (SSSR count). The predicted octanol–water partition coefficient (Wildman–Crippen LogP) is 3.26. The van der Waals surface area contributed by atoms with Crippen molar-refractivity contribution in [1.29, 1.82) is 0 Å². The van der Waals surface area contributed by atoms with Crippen molar-refractivity contribution in [3.05, 3.63) is 24.2 Å². The van der Waals surface area contributed by atoms with E-state index in [1.54, 1.807) is 12.1 Å². The number of hydrogen-bond donors (Lipinski definition) is 2. The average Bonchev–Trinajstić information content (AvgIpc) is 3.01. The average molecular weight is 320 g/mol. The maximum Gasteiger partial charge on any atom is 0.287 e. The van der Waals surface area contributed by atoms with Crippen molar-refractivity contribution in [3.63, 3.8) is 0 Å². The van der Waals surface area contributed by atoms with Gasteiger partial charge in [0.05, 0.1) is 6.26 Å². The number of nitrogens with one attached hydrogen (secondary N) is 2. The standard InChI is InChI=1S/C18H28N2O3/c1-13(2)16(20-17(21)15-11-8-12-23-15)18(22)19-14-9-6-4-3-5-7-10-14/h8,11-14,16H,3-7,9-10H2,1-2H3,(H,19,22)(H,20,21). The number of carbonyl (C=O) groups is 2. The molecule has 1 atom stereocenters. The monoisotopic (exact) mass is 320 g/mol. The van der Waals surface area contributed by atoms with Gasteiger partial charge in [-0.15, -0.1) is 0 Å². The van der Waals surface area contributed by atoms with Gasteiger partial charge in [-0.2, -0.15) is 0 Å². The van der Waals surface area contributed by atoms with E-state index < -0.39 is 6.04 Å². The van der Waals surface area contributed by atoms with Gasteiger partial charge in [0.25, 0.3) is 5.91 Å². The van der Waals surface area contributed by atoms with Gasteiger partial charge in [0.15, 0.2) is 5.76 Å². The van der Waals surface area contributed by atoms with Gasteiger partial charge in [-0.25, -0.2) is 0 Å². The van der Waals surface area contributed by atoms with Crippen molar-refractivity contribution in [1.82, 2.24) is 10.6 Å². The molecule has 2 amide bonds. The summed E-state index contributed by atoms with van der Waals surface area (Å²) in [6.07, 6.45) is 9.63. The molecular weight excluding hydrogens is 292 g/mol. The Kier molecular flexibility index (Phi) is 6.68. The summed E-state index contributed by atoms with van der Waals surface area (Å²) >= 11 is 0. The van der Waals surface area contributed by atoms with E-state index in [4.69, 9.17) is 4.42 Å².